The second-order valence-corrected chi connectivity index (χ2v) is 3.73. The molecule has 0 saturated carbocycles. The third-order valence-electron chi connectivity index (χ3n) is 1.52. The minimum Gasteiger partial charge on any atom is -0.481 e. The molecule has 0 unspecified atom stereocenters. The lowest BCUT2D eigenvalue weighted by molar-refractivity contribution is -0.136. The first-order valence-electron chi connectivity index (χ1n) is 3.65. The normalized spacial score (nSPS) is 10.6. The number of hydrogen-bond acceptors (Lipinski definition) is 2. The average molecular weight is 313 g/mol. The fourth-order valence-corrected chi connectivity index (χ4v) is 1.40. The Morgan fingerprint density at radius 2 is 2.29 bits per heavy atom. The molecule has 6 heteroatoms. The maximum absolute atomic E-state index is 12.2. The van der Waals surface area contributed by atoms with E-state index in [1.54, 1.807) is 0 Å². The lowest BCUT2D eigenvalue weighted by atomic mass is 10.2. The molecule has 0 bridgehead atoms. The Morgan fingerprint density at radius 1 is 1.64 bits per heavy atom. The van der Waals surface area contributed by atoms with Crippen molar-refractivity contribution in [2.45, 2.75) is 12.8 Å². The molecule has 0 spiro atoms. The smallest absolute Gasteiger partial charge is 0.307 e. The second-order valence-electron chi connectivity index (χ2n) is 2.57. The van der Waals surface area contributed by atoms with E-state index in [-0.39, 0.29) is 12.1 Å². The lowest BCUT2D eigenvalue weighted by Gasteiger charge is -2.04. The lowest BCUT2D eigenvalue weighted by Crippen LogP contribution is -2.04. The predicted octanol–water partition coefficient (Wildman–Crippen LogP) is 2.25. The number of carboxylic acids is 1. The summed E-state index contributed by atoms with van der Waals surface area (Å²) in [5.41, 5.74) is -0.0231. The number of aromatic nitrogens is 1. The first-order valence-corrected chi connectivity index (χ1v) is 4.73. The van der Waals surface area contributed by atoms with Gasteiger partial charge in [-0.05, 0) is 34.2 Å². The van der Waals surface area contributed by atoms with Crippen LogP contribution >= 0.6 is 22.6 Å². The molecule has 0 aliphatic rings. The van der Waals surface area contributed by atoms with Crippen molar-refractivity contribution >= 4 is 28.6 Å². The van der Waals surface area contributed by atoms with Crippen molar-refractivity contribution in [2.75, 3.05) is 0 Å². The number of halogens is 3. The summed E-state index contributed by atoms with van der Waals surface area (Å²) in [4.78, 5) is 13.9. The van der Waals surface area contributed by atoms with Crippen LogP contribution in [0, 0.1) is 3.57 Å². The van der Waals surface area contributed by atoms with Crippen LogP contribution in [0.1, 0.15) is 17.7 Å². The molecule has 14 heavy (non-hydrogen) atoms. The van der Waals surface area contributed by atoms with Gasteiger partial charge in [-0.2, -0.15) is 0 Å². The van der Waals surface area contributed by atoms with E-state index >= 15 is 0 Å². The summed E-state index contributed by atoms with van der Waals surface area (Å²) in [6.07, 6.45) is -1.68. The van der Waals surface area contributed by atoms with Crippen molar-refractivity contribution in [3.63, 3.8) is 0 Å². The van der Waals surface area contributed by atoms with Gasteiger partial charge in [-0.3, -0.25) is 9.78 Å². The van der Waals surface area contributed by atoms with E-state index in [1.807, 2.05) is 22.6 Å². The molecule has 1 aromatic rings. The molecule has 1 aromatic heterocycles. The summed E-state index contributed by atoms with van der Waals surface area (Å²) in [5.74, 6) is -1.05. The standard InChI is InChI=1S/C8H6F2INO2/c9-8(10)6-1-4(2-7(13)14)5(11)3-12-6/h1,3,8H,2H2,(H,13,14). The molecule has 76 valence electrons. The van der Waals surface area contributed by atoms with Crippen LogP contribution in [0.25, 0.3) is 0 Å². The number of carboxylic acid groups (broad SMARTS) is 1. The highest BCUT2D eigenvalue weighted by atomic mass is 127. The van der Waals surface area contributed by atoms with Gasteiger partial charge >= 0.3 is 5.97 Å². The van der Waals surface area contributed by atoms with Crippen molar-refractivity contribution in [1.29, 1.82) is 0 Å². The highest BCUT2D eigenvalue weighted by Crippen LogP contribution is 2.20. The van der Waals surface area contributed by atoms with Crippen LogP contribution < -0.4 is 0 Å². The van der Waals surface area contributed by atoms with Gasteiger partial charge in [0, 0.05) is 9.77 Å². The van der Waals surface area contributed by atoms with E-state index in [1.165, 1.54) is 6.20 Å². The third-order valence-corrected chi connectivity index (χ3v) is 2.49. The Hall–Kier alpha value is -0.790. The topological polar surface area (TPSA) is 50.2 Å². The van der Waals surface area contributed by atoms with Crippen LogP contribution in [0.15, 0.2) is 12.3 Å². The fraction of sp³-hybridized carbons (Fsp3) is 0.250. The molecular weight excluding hydrogens is 307 g/mol. The Kier molecular flexibility index (Phi) is 3.73. The Bertz CT molecular complexity index is 357. The maximum atomic E-state index is 12.2. The predicted molar refractivity (Wildman–Crippen MR) is 53.3 cm³/mol. The second kappa shape index (κ2) is 4.63. The van der Waals surface area contributed by atoms with Crippen molar-refractivity contribution in [3.05, 3.63) is 27.1 Å². The minimum absolute atomic E-state index is 0.263. The number of hydrogen-bond donors (Lipinski definition) is 1. The highest BCUT2D eigenvalue weighted by molar-refractivity contribution is 14.1. The van der Waals surface area contributed by atoms with E-state index in [2.05, 4.69) is 4.98 Å². The van der Waals surface area contributed by atoms with Crippen LogP contribution in [0.5, 0.6) is 0 Å². The quantitative estimate of drug-likeness (QED) is 0.871. The summed E-state index contributed by atoms with van der Waals surface area (Å²) in [6, 6.07) is 1.13. The summed E-state index contributed by atoms with van der Waals surface area (Å²) >= 11 is 1.86. The molecule has 0 amide bonds. The molecule has 0 saturated heterocycles. The molecule has 1 N–H and O–H groups in total. The number of nitrogens with zero attached hydrogens (tertiary/aromatic N) is 1. The van der Waals surface area contributed by atoms with E-state index in [0.29, 0.717) is 9.13 Å². The van der Waals surface area contributed by atoms with E-state index in [4.69, 9.17) is 5.11 Å². The zero-order chi connectivity index (χ0) is 10.7. The molecular formula is C8H6F2INO2. The largest absolute Gasteiger partial charge is 0.481 e. The van der Waals surface area contributed by atoms with Gasteiger partial charge in [0.05, 0.1) is 6.42 Å². The molecule has 0 aliphatic carbocycles. The Balaban J connectivity index is 3.02. The molecule has 1 rings (SSSR count). The average Bonchev–Trinajstić information content (AvgIpc) is 2.07. The van der Waals surface area contributed by atoms with Crippen molar-refractivity contribution in [2.24, 2.45) is 0 Å². The maximum Gasteiger partial charge on any atom is 0.307 e. The van der Waals surface area contributed by atoms with Crippen molar-refractivity contribution in [1.82, 2.24) is 4.98 Å². The van der Waals surface area contributed by atoms with Gasteiger partial charge in [0.1, 0.15) is 5.69 Å². The van der Waals surface area contributed by atoms with Gasteiger partial charge in [0.15, 0.2) is 0 Å². The number of aliphatic carboxylic acids is 1. The first-order chi connectivity index (χ1) is 6.50. The first kappa shape index (κ1) is 11.3. The Labute approximate surface area is 92.3 Å². The minimum atomic E-state index is -2.67. The van der Waals surface area contributed by atoms with E-state index < -0.39 is 12.4 Å². The molecule has 3 nitrogen and oxygen atoms in total. The van der Waals surface area contributed by atoms with Crippen LogP contribution in [-0.2, 0) is 11.2 Å². The van der Waals surface area contributed by atoms with Crippen molar-refractivity contribution in [3.8, 4) is 0 Å². The van der Waals surface area contributed by atoms with E-state index in [0.717, 1.165) is 6.07 Å². The molecule has 0 aliphatic heterocycles. The van der Waals surface area contributed by atoms with Crippen LogP contribution in [-0.4, -0.2) is 16.1 Å². The van der Waals surface area contributed by atoms with E-state index in [9.17, 15) is 13.6 Å². The molecule has 0 fully saturated rings. The molecule has 0 radical (unpaired) electrons. The van der Waals surface area contributed by atoms with Gasteiger partial charge in [-0.15, -0.1) is 0 Å². The monoisotopic (exact) mass is 313 g/mol. The highest BCUT2D eigenvalue weighted by Gasteiger charge is 2.12. The molecule has 0 aromatic carbocycles. The number of alkyl halides is 2. The summed E-state index contributed by atoms with van der Waals surface area (Å²) in [6.45, 7) is 0. The molecule has 0 atom stereocenters. The summed E-state index contributed by atoms with van der Waals surface area (Å²) in [7, 11) is 0. The van der Waals surface area contributed by atoms with Crippen LogP contribution in [0.4, 0.5) is 8.78 Å². The Morgan fingerprint density at radius 3 is 2.79 bits per heavy atom. The SMILES string of the molecule is O=C(O)Cc1cc(C(F)F)ncc1I. The third kappa shape index (κ3) is 2.86. The fourth-order valence-electron chi connectivity index (χ4n) is 0.917. The van der Waals surface area contributed by atoms with Gasteiger partial charge < -0.3 is 5.11 Å². The van der Waals surface area contributed by atoms with Gasteiger partial charge in [-0.25, -0.2) is 8.78 Å². The molecule has 1 heterocycles. The number of pyridine rings is 1. The summed E-state index contributed by atoms with van der Waals surface area (Å²) in [5, 5.41) is 8.51. The zero-order valence-corrected chi connectivity index (χ0v) is 9.03. The van der Waals surface area contributed by atoms with Crippen LogP contribution in [0.3, 0.4) is 0 Å². The number of rotatable bonds is 3. The van der Waals surface area contributed by atoms with Crippen molar-refractivity contribution < 1.29 is 18.7 Å². The van der Waals surface area contributed by atoms with Gasteiger partial charge in [0.2, 0.25) is 0 Å². The number of carbonyl (C=O) groups is 1. The van der Waals surface area contributed by atoms with Gasteiger partial charge in [-0.1, -0.05) is 0 Å². The van der Waals surface area contributed by atoms with Crippen LogP contribution in [0.2, 0.25) is 0 Å². The van der Waals surface area contributed by atoms with Gasteiger partial charge in [0.25, 0.3) is 6.43 Å². The summed E-state index contributed by atoms with van der Waals surface area (Å²) < 4.78 is 25.0. The zero-order valence-electron chi connectivity index (χ0n) is 6.88.